The van der Waals surface area contributed by atoms with Crippen molar-refractivity contribution in [1.82, 2.24) is 14.5 Å². The maximum atomic E-state index is 12.2. The van der Waals surface area contributed by atoms with E-state index < -0.39 is 0 Å². The Balaban J connectivity index is 2.08. The quantitative estimate of drug-likeness (QED) is 0.783. The highest BCUT2D eigenvalue weighted by Gasteiger charge is 2.33. The van der Waals surface area contributed by atoms with Crippen molar-refractivity contribution in [3.8, 4) is 0 Å². The van der Waals surface area contributed by atoms with Crippen LogP contribution in [-0.4, -0.2) is 39.5 Å². The first-order valence-corrected chi connectivity index (χ1v) is 5.71. The highest BCUT2D eigenvalue weighted by Crippen LogP contribution is 2.28. The molecule has 0 radical (unpaired) electrons. The first kappa shape index (κ1) is 11.1. The zero-order valence-electron chi connectivity index (χ0n) is 9.59. The van der Waals surface area contributed by atoms with E-state index in [2.05, 4.69) is 4.98 Å². The highest BCUT2D eigenvalue weighted by atomic mass is 16.2. The van der Waals surface area contributed by atoms with Crippen molar-refractivity contribution in [2.24, 2.45) is 12.8 Å². The SMILES string of the molecule is Cn1cncc1C(=O)N(CCCN)C1CC1. The third kappa shape index (κ3) is 2.24. The fourth-order valence-electron chi connectivity index (χ4n) is 1.81. The molecular formula is C11H18N4O. The Morgan fingerprint density at radius 1 is 1.69 bits per heavy atom. The van der Waals surface area contributed by atoms with Gasteiger partial charge < -0.3 is 15.2 Å². The van der Waals surface area contributed by atoms with Crippen LogP contribution < -0.4 is 5.73 Å². The van der Waals surface area contributed by atoms with Gasteiger partial charge in [-0.1, -0.05) is 0 Å². The summed E-state index contributed by atoms with van der Waals surface area (Å²) in [5, 5.41) is 0. The average Bonchev–Trinajstić information content (AvgIpc) is 3.01. The van der Waals surface area contributed by atoms with E-state index in [-0.39, 0.29) is 5.91 Å². The summed E-state index contributed by atoms with van der Waals surface area (Å²) in [4.78, 5) is 18.1. The van der Waals surface area contributed by atoms with Crippen molar-refractivity contribution in [2.75, 3.05) is 13.1 Å². The smallest absolute Gasteiger partial charge is 0.272 e. The monoisotopic (exact) mass is 222 g/mol. The number of nitrogens with zero attached hydrogens (tertiary/aromatic N) is 3. The molecule has 1 heterocycles. The van der Waals surface area contributed by atoms with Crippen LogP contribution in [0.1, 0.15) is 29.8 Å². The van der Waals surface area contributed by atoms with Crippen molar-refractivity contribution in [3.05, 3.63) is 18.2 Å². The van der Waals surface area contributed by atoms with E-state index in [1.807, 2.05) is 11.9 Å². The van der Waals surface area contributed by atoms with Gasteiger partial charge in [0, 0.05) is 19.6 Å². The first-order chi connectivity index (χ1) is 7.74. The van der Waals surface area contributed by atoms with Gasteiger partial charge in [0.15, 0.2) is 0 Å². The van der Waals surface area contributed by atoms with E-state index >= 15 is 0 Å². The van der Waals surface area contributed by atoms with Crippen LogP contribution in [0.4, 0.5) is 0 Å². The topological polar surface area (TPSA) is 64.2 Å². The van der Waals surface area contributed by atoms with Gasteiger partial charge in [0.1, 0.15) is 5.69 Å². The Bertz CT molecular complexity index is 370. The molecule has 1 aromatic rings. The summed E-state index contributed by atoms with van der Waals surface area (Å²) in [5.74, 6) is 0.0796. The van der Waals surface area contributed by atoms with E-state index in [1.165, 1.54) is 0 Å². The minimum Gasteiger partial charge on any atom is -0.334 e. The summed E-state index contributed by atoms with van der Waals surface area (Å²) in [5.41, 5.74) is 6.15. The largest absolute Gasteiger partial charge is 0.334 e. The molecule has 5 nitrogen and oxygen atoms in total. The number of carbonyl (C=O) groups is 1. The summed E-state index contributed by atoms with van der Waals surface area (Å²) < 4.78 is 1.76. The lowest BCUT2D eigenvalue weighted by molar-refractivity contribution is 0.0732. The maximum Gasteiger partial charge on any atom is 0.272 e. The Labute approximate surface area is 95.2 Å². The van der Waals surface area contributed by atoms with Gasteiger partial charge in [0.2, 0.25) is 0 Å². The summed E-state index contributed by atoms with van der Waals surface area (Å²) in [7, 11) is 1.84. The molecule has 0 aromatic carbocycles. The van der Waals surface area contributed by atoms with Crippen molar-refractivity contribution in [2.45, 2.75) is 25.3 Å². The molecule has 1 aromatic heterocycles. The fourth-order valence-corrected chi connectivity index (χ4v) is 1.81. The maximum absolute atomic E-state index is 12.2. The molecular weight excluding hydrogens is 204 g/mol. The lowest BCUT2D eigenvalue weighted by Crippen LogP contribution is -2.35. The predicted octanol–water partition coefficient (Wildman–Crippen LogP) is 0.374. The molecule has 0 unspecified atom stereocenters. The molecule has 1 amide bonds. The number of imidazole rings is 1. The minimum absolute atomic E-state index is 0.0796. The summed E-state index contributed by atoms with van der Waals surface area (Å²) in [6.45, 7) is 1.38. The summed E-state index contributed by atoms with van der Waals surface area (Å²) in [6.07, 6.45) is 6.38. The third-order valence-electron chi connectivity index (χ3n) is 2.89. The molecule has 1 aliphatic rings. The number of carbonyl (C=O) groups excluding carboxylic acids is 1. The molecule has 88 valence electrons. The van der Waals surface area contributed by atoms with Gasteiger partial charge in [-0.25, -0.2) is 4.98 Å². The average molecular weight is 222 g/mol. The van der Waals surface area contributed by atoms with E-state index in [0.29, 0.717) is 18.3 Å². The molecule has 2 N–H and O–H groups in total. The molecule has 0 spiro atoms. The van der Waals surface area contributed by atoms with Crippen molar-refractivity contribution in [3.63, 3.8) is 0 Å². The second-order valence-electron chi connectivity index (χ2n) is 4.26. The second-order valence-corrected chi connectivity index (χ2v) is 4.26. The van der Waals surface area contributed by atoms with Crippen LogP contribution in [0.2, 0.25) is 0 Å². The Kier molecular flexibility index (Phi) is 3.24. The molecule has 16 heavy (non-hydrogen) atoms. The van der Waals surface area contributed by atoms with Crippen molar-refractivity contribution in [1.29, 1.82) is 0 Å². The Morgan fingerprint density at radius 3 is 2.94 bits per heavy atom. The van der Waals surface area contributed by atoms with Gasteiger partial charge in [-0.05, 0) is 25.8 Å². The van der Waals surface area contributed by atoms with Gasteiger partial charge >= 0.3 is 0 Å². The number of hydrogen-bond donors (Lipinski definition) is 1. The van der Waals surface area contributed by atoms with Gasteiger partial charge in [-0.3, -0.25) is 4.79 Å². The van der Waals surface area contributed by atoms with E-state index in [0.717, 1.165) is 25.8 Å². The zero-order valence-corrected chi connectivity index (χ0v) is 9.59. The molecule has 1 fully saturated rings. The number of amides is 1. The molecule has 1 aliphatic carbocycles. The minimum atomic E-state index is 0.0796. The van der Waals surface area contributed by atoms with Crippen LogP contribution in [0.3, 0.4) is 0 Å². The second kappa shape index (κ2) is 4.65. The third-order valence-corrected chi connectivity index (χ3v) is 2.89. The molecule has 0 bridgehead atoms. The number of nitrogens with two attached hydrogens (primary N) is 1. The lowest BCUT2D eigenvalue weighted by atomic mass is 10.3. The number of aromatic nitrogens is 2. The molecule has 0 atom stereocenters. The zero-order chi connectivity index (χ0) is 11.5. The predicted molar refractivity (Wildman–Crippen MR) is 60.9 cm³/mol. The molecule has 0 aliphatic heterocycles. The van der Waals surface area contributed by atoms with Crippen molar-refractivity contribution >= 4 is 5.91 Å². The van der Waals surface area contributed by atoms with Crippen LogP contribution in [0, 0.1) is 0 Å². The van der Waals surface area contributed by atoms with Crippen LogP contribution in [0.5, 0.6) is 0 Å². The molecule has 0 saturated heterocycles. The molecule has 1 saturated carbocycles. The molecule has 5 heteroatoms. The number of aryl methyl sites for hydroxylation is 1. The van der Waals surface area contributed by atoms with Gasteiger partial charge in [-0.15, -0.1) is 0 Å². The van der Waals surface area contributed by atoms with E-state index in [1.54, 1.807) is 17.1 Å². The van der Waals surface area contributed by atoms with Gasteiger partial charge in [0.25, 0.3) is 5.91 Å². The van der Waals surface area contributed by atoms with Gasteiger partial charge in [0.05, 0.1) is 12.5 Å². The number of rotatable bonds is 5. The highest BCUT2D eigenvalue weighted by molar-refractivity contribution is 5.92. The van der Waals surface area contributed by atoms with Crippen LogP contribution in [0.25, 0.3) is 0 Å². The van der Waals surface area contributed by atoms with Crippen LogP contribution >= 0.6 is 0 Å². The molecule has 2 rings (SSSR count). The van der Waals surface area contributed by atoms with E-state index in [9.17, 15) is 4.79 Å². The Morgan fingerprint density at radius 2 is 2.44 bits per heavy atom. The van der Waals surface area contributed by atoms with Gasteiger partial charge in [-0.2, -0.15) is 0 Å². The fraction of sp³-hybridized carbons (Fsp3) is 0.636. The lowest BCUT2D eigenvalue weighted by Gasteiger charge is -2.22. The summed E-state index contributed by atoms with van der Waals surface area (Å²) in [6, 6.07) is 0.425. The van der Waals surface area contributed by atoms with Crippen LogP contribution in [0.15, 0.2) is 12.5 Å². The summed E-state index contributed by atoms with van der Waals surface area (Å²) >= 11 is 0. The van der Waals surface area contributed by atoms with E-state index in [4.69, 9.17) is 5.73 Å². The van der Waals surface area contributed by atoms with Crippen molar-refractivity contribution < 1.29 is 4.79 Å². The number of hydrogen-bond acceptors (Lipinski definition) is 3. The Hall–Kier alpha value is -1.36. The normalized spacial score (nSPS) is 15.1. The van der Waals surface area contributed by atoms with Crippen LogP contribution in [-0.2, 0) is 7.05 Å². The first-order valence-electron chi connectivity index (χ1n) is 5.71. The standard InChI is InChI=1S/C11H18N4O/c1-14-8-13-7-10(14)11(16)15(6-2-5-12)9-3-4-9/h7-9H,2-6,12H2,1H3.